The van der Waals surface area contributed by atoms with Gasteiger partial charge in [0, 0.05) is 31.4 Å². The molecule has 19 heavy (non-hydrogen) atoms. The van der Waals surface area contributed by atoms with Gasteiger partial charge in [-0.3, -0.25) is 4.98 Å². The first-order valence-electron chi connectivity index (χ1n) is 7.58. The van der Waals surface area contributed by atoms with Gasteiger partial charge in [-0.05, 0) is 30.9 Å². The van der Waals surface area contributed by atoms with Crippen LogP contribution in [-0.2, 0) is 0 Å². The van der Waals surface area contributed by atoms with E-state index in [1.165, 1.54) is 24.1 Å². The second kappa shape index (κ2) is 6.38. The maximum Gasteiger partial charge on any atom is 0.0585 e. The molecule has 0 saturated carbocycles. The summed E-state index contributed by atoms with van der Waals surface area (Å²) in [6.07, 6.45) is 6.31. The highest BCUT2D eigenvalue weighted by Gasteiger charge is 2.29. The lowest BCUT2D eigenvalue weighted by atomic mass is 9.94. The molecule has 1 fully saturated rings. The van der Waals surface area contributed by atoms with Crippen LogP contribution in [0, 0.1) is 12.8 Å². The molecular weight excluding hydrogens is 234 g/mol. The van der Waals surface area contributed by atoms with E-state index in [4.69, 9.17) is 0 Å². The third kappa shape index (κ3) is 3.08. The fraction of sp³-hybridized carbons (Fsp3) is 0.688. The van der Waals surface area contributed by atoms with Crippen LogP contribution in [-0.4, -0.2) is 30.2 Å². The molecular formula is C16H27N3. The second-order valence-electron chi connectivity index (χ2n) is 5.78. The molecule has 0 aliphatic carbocycles. The largest absolute Gasteiger partial charge is 0.364 e. The van der Waals surface area contributed by atoms with Gasteiger partial charge in [-0.2, -0.15) is 0 Å². The van der Waals surface area contributed by atoms with Crippen molar-refractivity contribution < 1.29 is 0 Å². The number of rotatable bonds is 4. The van der Waals surface area contributed by atoms with Crippen LogP contribution < -0.4 is 10.2 Å². The predicted molar refractivity (Wildman–Crippen MR) is 81.6 cm³/mol. The van der Waals surface area contributed by atoms with Gasteiger partial charge in [-0.25, -0.2) is 0 Å². The molecule has 2 heterocycles. The van der Waals surface area contributed by atoms with Crippen molar-refractivity contribution in [1.82, 2.24) is 10.3 Å². The minimum absolute atomic E-state index is 0.586. The molecule has 0 radical (unpaired) electrons. The van der Waals surface area contributed by atoms with E-state index >= 15 is 0 Å². The molecule has 106 valence electrons. The van der Waals surface area contributed by atoms with Gasteiger partial charge in [0.05, 0.1) is 11.9 Å². The zero-order valence-corrected chi connectivity index (χ0v) is 12.7. The topological polar surface area (TPSA) is 28.2 Å². The van der Waals surface area contributed by atoms with Gasteiger partial charge in [0.2, 0.25) is 0 Å². The highest BCUT2D eigenvalue weighted by Crippen LogP contribution is 2.26. The Bertz CT molecular complexity index is 405. The molecule has 2 rings (SSSR count). The summed E-state index contributed by atoms with van der Waals surface area (Å²) in [5, 5.41) is 3.73. The van der Waals surface area contributed by atoms with Crippen LogP contribution in [0.4, 0.5) is 5.69 Å². The minimum Gasteiger partial charge on any atom is -0.364 e. The lowest BCUT2D eigenvalue weighted by molar-refractivity contribution is 0.306. The summed E-state index contributed by atoms with van der Waals surface area (Å²) in [5.41, 5.74) is 2.64. The number of anilines is 1. The Hall–Kier alpha value is -1.09. The van der Waals surface area contributed by atoms with Gasteiger partial charge in [0.15, 0.2) is 0 Å². The second-order valence-corrected chi connectivity index (χ2v) is 5.78. The van der Waals surface area contributed by atoms with Crippen LogP contribution >= 0.6 is 0 Å². The molecule has 3 nitrogen and oxygen atoms in total. The fourth-order valence-corrected chi connectivity index (χ4v) is 2.90. The SMILES string of the molecule is CCC(C)C1CN(c2cnccc2C)C(CC)CN1. The van der Waals surface area contributed by atoms with Gasteiger partial charge in [-0.15, -0.1) is 0 Å². The monoisotopic (exact) mass is 261 g/mol. The lowest BCUT2D eigenvalue weighted by Crippen LogP contribution is -2.58. The predicted octanol–water partition coefficient (Wildman–Crippen LogP) is 2.99. The molecule has 1 aromatic heterocycles. The number of piperazine rings is 1. The average Bonchev–Trinajstić information content (AvgIpc) is 2.46. The Morgan fingerprint density at radius 2 is 2.26 bits per heavy atom. The van der Waals surface area contributed by atoms with Gasteiger partial charge in [-0.1, -0.05) is 27.2 Å². The number of hydrogen-bond donors (Lipinski definition) is 1. The molecule has 0 aromatic carbocycles. The maximum absolute atomic E-state index is 4.32. The van der Waals surface area contributed by atoms with Gasteiger partial charge in [0.25, 0.3) is 0 Å². The molecule has 3 heteroatoms. The summed E-state index contributed by atoms with van der Waals surface area (Å²) in [6, 6.07) is 3.29. The van der Waals surface area contributed by atoms with Crippen molar-refractivity contribution in [3.63, 3.8) is 0 Å². The zero-order valence-electron chi connectivity index (χ0n) is 12.7. The van der Waals surface area contributed by atoms with Crippen LogP contribution in [0.15, 0.2) is 18.5 Å². The van der Waals surface area contributed by atoms with Crippen LogP contribution in [0.3, 0.4) is 0 Å². The normalized spacial score (nSPS) is 25.4. The molecule has 1 aromatic rings. The van der Waals surface area contributed by atoms with Crippen molar-refractivity contribution in [3.8, 4) is 0 Å². The van der Waals surface area contributed by atoms with Crippen molar-refractivity contribution in [2.75, 3.05) is 18.0 Å². The number of pyridine rings is 1. The van der Waals surface area contributed by atoms with Crippen LogP contribution in [0.5, 0.6) is 0 Å². The minimum atomic E-state index is 0.586. The van der Waals surface area contributed by atoms with Gasteiger partial charge >= 0.3 is 0 Å². The Morgan fingerprint density at radius 3 is 2.89 bits per heavy atom. The number of hydrogen-bond acceptors (Lipinski definition) is 3. The summed E-state index contributed by atoms with van der Waals surface area (Å²) in [6.45, 7) is 11.3. The first-order chi connectivity index (χ1) is 9.17. The fourth-order valence-electron chi connectivity index (χ4n) is 2.90. The van der Waals surface area contributed by atoms with Gasteiger partial charge < -0.3 is 10.2 Å². The van der Waals surface area contributed by atoms with E-state index in [1.807, 2.05) is 12.4 Å². The zero-order chi connectivity index (χ0) is 13.8. The van der Waals surface area contributed by atoms with E-state index in [-0.39, 0.29) is 0 Å². The average molecular weight is 261 g/mol. The number of nitrogens with zero attached hydrogens (tertiary/aromatic N) is 2. The molecule has 0 bridgehead atoms. The van der Waals surface area contributed by atoms with E-state index in [1.54, 1.807) is 0 Å². The maximum atomic E-state index is 4.32. The smallest absolute Gasteiger partial charge is 0.0585 e. The summed E-state index contributed by atoms with van der Waals surface area (Å²) in [4.78, 5) is 6.88. The van der Waals surface area contributed by atoms with Crippen molar-refractivity contribution in [2.45, 2.75) is 52.6 Å². The number of aromatic nitrogens is 1. The van der Waals surface area contributed by atoms with E-state index in [9.17, 15) is 0 Å². The quantitative estimate of drug-likeness (QED) is 0.903. The Labute approximate surface area is 117 Å². The summed E-state index contributed by atoms with van der Waals surface area (Å²) in [5.74, 6) is 0.720. The molecule has 1 aliphatic rings. The van der Waals surface area contributed by atoms with E-state index in [2.05, 4.69) is 49.0 Å². The van der Waals surface area contributed by atoms with E-state index < -0.39 is 0 Å². The third-order valence-electron chi connectivity index (χ3n) is 4.57. The standard InChI is InChI=1S/C16H27N3/c1-5-12(3)15-11-19(14(6-2)9-18-15)16-10-17-8-7-13(16)4/h7-8,10,12,14-15,18H,5-6,9,11H2,1-4H3. The van der Waals surface area contributed by atoms with E-state index in [0.717, 1.165) is 19.0 Å². The summed E-state index contributed by atoms with van der Waals surface area (Å²) >= 11 is 0. The van der Waals surface area contributed by atoms with Crippen molar-refractivity contribution in [1.29, 1.82) is 0 Å². The van der Waals surface area contributed by atoms with Crippen LogP contribution in [0.1, 0.15) is 39.2 Å². The van der Waals surface area contributed by atoms with Crippen LogP contribution in [0.2, 0.25) is 0 Å². The molecule has 1 saturated heterocycles. The third-order valence-corrected chi connectivity index (χ3v) is 4.57. The lowest BCUT2D eigenvalue weighted by Gasteiger charge is -2.44. The van der Waals surface area contributed by atoms with Crippen molar-refractivity contribution in [2.24, 2.45) is 5.92 Å². The Kier molecular flexibility index (Phi) is 4.81. The Balaban J connectivity index is 2.21. The number of aryl methyl sites for hydroxylation is 1. The molecule has 0 amide bonds. The summed E-state index contributed by atoms with van der Waals surface area (Å²) in [7, 11) is 0. The van der Waals surface area contributed by atoms with Crippen LogP contribution in [0.25, 0.3) is 0 Å². The molecule has 3 atom stereocenters. The number of nitrogens with one attached hydrogen (secondary N) is 1. The van der Waals surface area contributed by atoms with E-state index in [0.29, 0.717) is 12.1 Å². The summed E-state index contributed by atoms with van der Waals surface area (Å²) < 4.78 is 0. The first kappa shape index (κ1) is 14.3. The van der Waals surface area contributed by atoms with Crippen molar-refractivity contribution in [3.05, 3.63) is 24.0 Å². The highest BCUT2D eigenvalue weighted by molar-refractivity contribution is 5.52. The van der Waals surface area contributed by atoms with Gasteiger partial charge in [0.1, 0.15) is 0 Å². The molecule has 1 aliphatic heterocycles. The molecule has 0 spiro atoms. The molecule has 3 unspecified atom stereocenters. The first-order valence-corrected chi connectivity index (χ1v) is 7.58. The van der Waals surface area contributed by atoms with Crippen molar-refractivity contribution >= 4 is 5.69 Å². The highest BCUT2D eigenvalue weighted by atomic mass is 15.2. The Morgan fingerprint density at radius 1 is 1.47 bits per heavy atom. The molecule has 1 N–H and O–H groups in total.